The van der Waals surface area contributed by atoms with E-state index in [-0.39, 0.29) is 11.7 Å². The van der Waals surface area contributed by atoms with Crippen LogP contribution in [0.15, 0.2) is 10.7 Å². The Bertz CT molecular complexity index is 385. The van der Waals surface area contributed by atoms with Gasteiger partial charge in [-0.3, -0.25) is 9.48 Å². The fourth-order valence-corrected chi connectivity index (χ4v) is 2.31. The molecule has 0 radical (unpaired) electrons. The Hall–Kier alpha value is -0.680. The van der Waals surface area contributed by atoms with Crippen LogP contribution in [0.25, 0.3) is 0 Å². The number of Topliss-reactive ketones (excluding diaryl/α,β-unsaturated/α-hetero) is 1. The summed E-state index contributed by atoms with van der Waals surface area (Å²) in [5.41, 5.74) is 0.696. The first-order chi connectivity index (χ1) is 7.74. The van der Waals surface area contributed by atoms with Gasteiger partial charge in [0.05, 0.1) is 23.8 Å². The van der Waals surface area contributed by atoms with E-state index in [1.54, 1.807) is 18.0 Å². The van der Waals surface area contributed by atoms with Gasteiger partial charge in [0.2, 0.25) is 0 Å². The maximum absolute atomic E-state index is 12.2. The number of hydrogen-bond acceptors (Lipinski definition) is 3. The second kappa shape index (κ2) is 5.10. The van der Waals surface area contributed by atoms with Crippen molar-refractivity contribution < 1.29 is 9.53 Å². The summed E-state index contributed by atoms with van der Waals surface area (Å²) < 4.78 is 7.53. The van der Waals surface area contributed by atoms with E-state index in [1.165, 1.54) is 6.42 Å². The first-order valence-corrected chi connectivity index (χ1v) is 6.27. The second-order valence-corrected chi connectivity index (χ2v) is 4.90. The van der Waals surface area contributed by atoms with Crippen LogP contribution in [0.3, 0.4) is 0 Å². The SMILES string of the molecule is COCCn1ncc(Br)c1C(=O)C1CCC1. The fraction of sp³-hybridized carbons (Fsp3) is 0.636. The zero-order valence-electron chi connectivity index (χ0n) is 9.28. The van der Waals surface area contributed by atoms with E-state index in [1.807, 2.05) is 0 Å². The van der Waals surface area contributed by atoms with Crippen molar-refractivity contribution in [1.29, 1.82) is 0 Å². The summed E-state index contributed by atoms with van der Waals surface area (Å²) in [6.45, 7) is 1.19. The third kappa shape index (κ3) is 2.20. The molecular formula is C11H15BrN2O2. The van der Waals surface area contributed by atoms with E-state index >= 15 is 0 Å². The first kappa shape index (κ1) is 11.8. The van der Waals surface area contributed by atoms with Gasteiger partial charge in [-0.1, -0.05) is 6.42 Å². The van der Waals surface area contributed by atoms with Gasteiger partial charge >= 0.3 is 0 Å². The summed E-state index contributed by atoms with van der Waals surface area (Å²) in [4.78, 5) is 12.2. The standard InChI is InChI=1S/C11H15BrN2O2/c1-16-6-5-14-10(9(12)7-13-14)11(15)8-3-2-4-8/h7-8H,2-6H2,1H3. The quantitative estimate of drug-likeness (QED) is 0.780. The van der Waals surface area contributed by atoms with E-state index in [0.717, 1.165) is 17.3 Å². The minimum absolute atomic E-state index is 0.203. The predicted octanol–water partition coefficient (Wildman–Crippen LogP) is 2.27. The molecule has 0 aliphatic heterocycles. The number of nitrogens with zero attached hydrogens (tertiary/aromatic N) is 2. The summed E-state index contributed by atoms with van der Waals surface area (Å²) in [6.07, 6.45) is 4.88. The largest absolute Gasteiger partial charge is 0.383 e. The maximum atomic E-state index is 12.2. The van der Waals surface area contributed by atoms with Crippen molar-refractivity contribution >= 4 is 21.7 Å². The summed E-state index contributed by atoms with van der Waals surface area (Å²) >= 11 is 3.39. The summed E-state index contributed by atoms with van der Waals surface area (Å²) in [5.74, 6) is 0.418. The molecule has 1 saturated carbocycles. The average molecular weight is 287 g/mol. The molecule has 0 aromatic carbocycles. The maximum Gasteiger partial charge on any atom is 0.185 e. The molecule has 2 rings (SSSR count). The summed E-state index contributed by atoms with van der Waals surface area (Å²) in [7, 11) is 1.64. The highest BCUT2D eigenvalue weighted by Crippen LogP contribution is 2.31. The number of halogens is 1. The molecule has 0 bridgehead atoms. The van der Waals surface area contributed by atoms with Crippen molar-refractivity contribution in [2.45, 2.75) is 25.8 Å². The van der Waals surface area contributed by atoms with Crippen LogP contribution < -0.4 is 0 Å². The van der Waals surface area contributed by atoms with Crippen molar-refractivity contribution in [2.75, 3.05) is 13.7 Å². The molecule has 0 atom stereocenters. The van der Waals surface area contributed by atoms with Gasteiger partial charge < -0.3 is 4.74 Å². The number of ketones is 1. The Morgan fingerprint density at radius 1 is 1.69 bits per heavy atom. The normalized spacial score (nSPS) is 16.1. The van der Waals surface area contributed by atoms with Gasteiger partial charge in [-0.15, -0.1) is 0 Å². The van der Waals surface area contributed by atoms with Crippen LogP contribution in [-0.2, 0) is 11.3 Å². The van der Waals surface area contributed by atoms with Crippen LogP contribution in [-0.4, -0.2) is 29.3 Å². The number of carbonyl (C=O) groups is 1. The lowest BCUT2D eigenvalue weighted by atomic mass is 9.81. The molecule has 5 heteroatoms. The van der Waals surface area contributed by atoms with Crippen molar-refractivity contribution in [3.05, 3.63) is 16.4 Å². The van der Waals surface area contributed by atoms with Crippen LogP contribution in [0, 0.1) is 5.92 Å². The highest BCUT2D eigenvalue weighted by Gasteiger charge is 2.30. The zero-order valence-corrected chi connectivity index (χ0v) is 10.9. The Morgan fingerprint density at radius 2 is 2.44 bits per heavy atom. The molecule has 4 nitrogen and oxygen atoms in total. The summed E-state index contributed by atoms with van der Waals surface area (Å²) in [5, 5.41) is 4.18. The molecule has 1 fully saturated rings. The van der Waals surface area contributed by atoms with Gasteiger partial charge in [0.15, 0.2) is 5.78 Å². The van der Waals surface area contributed by atoms with Crippen molar-refractivity contribution in [2.24, 2.45) is 5.92 Å². The van der Waals surface area contributed by atoms with Crippen molar-refractivity contribution in [3.63, 3.8) is 0 Å². The van der Waals surface area contributed by atoms with Gasteiger partial charge in [0.1, 0.15) is 5.69 Å². The Balaban J connectivity index is 2.16. The van der Waals surface area contributed by atoms with Gasteiger partial charge in [0.25, 0.3) is 0 Å². The molecule has 88 valence electrons. The van der Waals surface area contributed by atoms with Crippen molar-refractivity contribution in [3.8, 4) is 0 Å². The van der Waals surface area contributed by atoms with E-state index in [9.17, 15) is 4.79 Å². The fourth-order valence-electron chi connectivity index (χ4n) is 1.82. The average Bonchev–Trinajstić information content (AvgIpc) is 2.54. The van der Waals surface area contributed by atoms with E-state index in [4.69, 9.17) is 4.74 Å². The number of methoxy groups -OCH3 is 1. The molecule has 0 amide bonds. The van der Waals surface area contributed by atoms with E-state index in [2.05, 4.69) is 21.0 Å². The van der Waals surface area contributed by atoms with Crippen LogP contribution >= 0.6 is 15.9 Å². The van der Waals surface area contributed by atoms with E-state index in [0.29, 0.717) is 18.8 Å². The summed E-state index contributed by atoms with van der Waals surface area (Å²) in [6, 6.07) is 0. The number of aromatic nitrogens is 2. The highest BCUT2D eigenvalue weighted by molar-refractivity contribution is 9.10. The molecule has 1 aromatic heterocycles. The van der Waals surface area contributed by atoms with Crippen LogP contribution in [0.2, 0.25) is 0 Å². The third-order valence-electron chi connectivity index (χ3n) is 3.01. The minimum atomic E-state index is 0.203. The lowest BCUT2D eigenvalue weighted by Gasteiger charge is -2.24. The first-order valence-electron chi connectivity index (χ1n) is 5.48. The third-order valence-corrected chi connectivity index (χ3v) is 3.59. The molecular weight excluding hydrogens is 272 g/mol. The van der Waals surface area contributed by atoms with E-state index < -0.39 is 0 Å². The number of rotatable bonds is 5. The number of carbonyl (C=O) groups excluding carboxylic acids is 1. The van der Waals surface area contributed by atoms with Crippen LogP contribution in [0.4, 0.5) is 0 Å². The predicted molar refractivity (Wildman–Crippen MR) is 63.5 cm³/mol. The zero-order chi connectivity index (χ0) is 11.5. The molecule has 0 saturated heterocycles. The smallest absolute Gasteiger partial charge is 0.185 e. The lowest BCUT2D eigenvalue weighted by Crippen LogP contribution is -2.25. The Labute approximate surface area is 103 Å². The molecule has 1 aliphatic rings. The van der Waals surface area contributed by atoms with Gasteiger partial charge in [-0.05, 0) is 28.8 Å². The lowest BCUT2D eigenvalue weighted by molar-refractivity contribution is 0.0839. The molecule has 16 heavy (non-hydrogen) atoms. The molecule has 1 aliphatic carbocycles. The molecule has 0 unspecified atom stereocenters. The molecule has 0 spiro atoms. The highest BCUT2D eigenvalue weighted by atomic mass is 79.9. The second-order valence-electron chi connectivity index (χ2n) is 4.05. The molecule has 1 heterocycles. The Kier molecular flexibility index (Phi) is 3.76. The van der Waals surface area contributed by atoms with Crippen LogP contribution in [0.1, 0.15) is 29.8 Å². The van der Waals surface area contributed by atoms with Gasteiger partial charge in [0, 0.05) is 13.0 Å². The number of ether oxygens (including phenoxy) is 1. The topological polar surface area (TPSA) is 44.1 Å². The van der Waals surface area contributed by atoms with Gasteiger partial charge in [-0.2, -0.15) is 5.10 Å². The molecule has 1 aromatic rings. The monoisotopic (exact) mass is 286 g/mol. The van der Waals surface area contributed by atoms with Crippen molar-refractivity contribution in [1.82, 2.24) is 9.78 Å². The van der Waals surface area contributed by atoms with Gasteiger partial charge in [-0.25, -0.2) is 0 Å². The minimum Gasteiger partial charge on any atom is -0.383 e. The van der Waals surface area contributed by atoms with Crippen LogP contribution in [0.5, 0.6) is 0 Å². The molecule has 0 N–H and O–H groups in total. The number of hydrogen-bond donors (Lipinski definition) is 0. The Morgan fingerprint density at radius 3 is 3.00 bits per heavy atom.